The second-order valence-electron chi connectivity index (χ2n) is 31.8. The molecule has 19 heteroatoms. The fourth-order valence-electron chi connectivity index (χ4n) is 13.5. The maximum Gasteiger partial charge on any atom is 0.472 e. The van der Waals surface area contributed by atoms with Crippen molar-refractivity contribution in [2.24, 2.45) is 11.8 Å². The predicted octanol–water partition coefficient (Wildman–Crippen LogP) is 26.6. The SMILES string of the molecule is CCCCCCCCCCCCCCCCCCCCCC(=O)O[C@H](COC(=O)CCCCCCCCCCCCCCCCC(C)CC)COP(=O)(O)OC[C@@H](O)COP(=O)(O)OC[C@@H](COC(=O)CCCCCCCCCCC(C)CC)OC(=O)CCCCCCCCCCCCCCCCCCC. The van der Waals surface area contributed by atoms with E-state index in [2.05, 4.69) is 41.5 Å². The monoisotopic (exact) mass is 1550 g/mol. The number of hydrogen-bond donors (Lipinski definition) is 3. The van der Waals surface area contributed by atoms with Gasteiger partial charge in [0, 0.05) is 25.7 Å². The Hall–Kier alpha value is -1.94. The third kappa shape index (κ3) is 77.4. The molecule has 0 saturated carbocycles. The number of aliphatic hydroxyl groups excluding tert-OH is 1. The van der Waals surface area contributed by atoms with Gasteiger partial charge in [0.2, 0.25) is 0 Å². The summed E-state index contributed by atoms with van der Waals surface area (Å²) >= 11 is 0. The van der Waals surface area contributed by atoms with E-state index in [-0.39, 0.29) is 25.7 Å². The molecule has 106 heavy (non-hydrogen) atoms. The fourth-order valence-corrected chi connectivity index (χ4v) is 15.1. The van der Waals surface area contributed by atoms with Gasteiger partial charge in [-0.1, -0.05) is 414 Å². The van der Waals surface area contributed by atoms with Crippen molar-refractivity contribution in [3.05, 3.63) is 0 Å². The van der Waals surface area contributed by atoms with Crippen molar-refractivity contribution in [2.45, 2.75) is 484 Å². The molecule has 17 nitrogen and oxygen atoms in total. The largest absolute Gasteiger partial charge is 0.472 e. The molecular formula is C87H170O17P2. The normalized spacial score (nSPS) is 14.3. The first-order chi connectivity index (χ1) is 51.4. The summed E-state index contributed by atoms with van der Waals surface area (Å²) in [6, 6.07) is 0. The number of ether oxygens (including phenoxy) is 4. The minimum Gasteiger partial charge on any atom is -0.462 e. The van der Waals surface area contributed by atoms with Crippen LogP contribution in [0.15, 0.2) is 0 Å². The molecular weight excluding hydrogens is 1380 g/mol. The first kappa shape index (κ1) is 104. The van der Waals surface area contributed by atoms with Crippen LogP contribution in [0.1, 0.15) is 465 Å². The van der Waals surface area contributed by atoms with Crippen LogP contribution in [-0.2, 0) is 65.4 Å². The minimum atomic E-state index is -4.97. The van der Waals surface area contributed by atoms with Crippen LogP contribution in [0.5, 0.6) is 0 Å². The Labute approximate surface area is 651 Å². The standard InChI is InChI=1S/C87H170O17P2/c1-7-11-13-15-17-19-21-23-25-27-28-30-32-38-42-46-54-60-66-71-86(91)103-82(75-97-84(89)69-63-57-51-44-40-36-34-33-35-39-43-49-55-61-67-79(5)9-3)77-101-105(93,94)99-73-81(88)74-100-106(95,96)102-78-83(76-98-85(90)70-64-58-52-48-47-50-56-62-68-80(6)10-4)104-87(92)72-65-59-53-45-41-37-31-29-26-24-22-20-18-16-14-12-8-2/h79-83,88H,7-78H2,1-6H3,(H,93,94)(H,95,96)/t79?,80?,81-,82-,83-/m1/s1. The molecule has 0 fully saturated rings. The number of aliphatic hydroxyl groups is 1. The molecule has 0 saturated heterocycles. The van der Waals surface area contributed by atoms with Crippen LogP contribution < -0.4 is 0 Å². The summed E-state index contributed by atoms with van der Waals surface area (Å²) < 4.78 is 69.0. The third-order valence-corrected chi connectivity index (χ3v) is 23.1. The van der Waals surface area contributed by atoms with E-state index in [0.29, 0.717) is 25.7 Å². The zero-order valence-electron chi connectivity index (χ0n) is 69.7. The molecule has 0 spiro atoms. The van der Waals surface area contributed by atoms with Crippen LogP contribution in [-0.4, -0.2) is 96.7 Å². The Morgan fingerprint density at radius 2 is 0.453 bits per heavy atom. The highest BCUT2D eigenvalue weighted by Crippen LogP contribution is 2.45. The summed E-state index contributed by atoms with van der Waals surface area (Å²) in [4.78, 5) is 73.3. The average molecular weight is 1550 g/mol. The van der Waals surface area contributed by atoms with E-state index in [1.807, 2.05) is 0 Å². The number of hydrogen-bond acceptors (Lipinski definition) is 15. The highest BCUT2D eigenvalue weighted by atomic mass is 31.2. The van der Waals surface area contributed by atoms with Crippen LogP contribution in [0.3, 0.4) is 0 Å². The average Bonchev–Trinajstić information content (AvgIpc) is 0.902. The molecule has 0 aliphatic carbocycles. The second-order valence-corrected chi connectivity index (χ2v) is 34.7. The van der Waals surface area contributed by atoms with Gasteiger partial charge in [-0.3, -0.25) is 37.3 Å². The van der Waals surface area contributed by atoms with Crippen LogP contribution in [0, 0.1) is 11.8 Å². The van der Waals surface area contributed by atoms with Gasteiger partial charge in [0.05, 0.1) is 26.4 Å². The second kappa shape index (κ2) is 78.3. The minimum absolute atomic E-state index is 0.108. The first-order valence-corrected chi connectivity index (χ1v) is 48.1. The van der Waals surface area contributed by atoms with Crippen molar-refractivity contribution >= 4 is 39.5 Å². The van der Waals surface area contributed by atoms with Crippen LogP contribution in [0.4, 0.5) is 0 Å². The van der Waals surface area contributed by atoms with Gasteiger partial charge in [0.15, 0.2) is 12.2 Å². The van der Waals surface area contributed by atoms with E-state index in [9.17, 15) is 43.2 Å². The van der Waals surface area contributed by atoms with Crippen LogP contribution >= 0.6 is 15.6 Å². The van der Waals surface area contributed by atoms with E-state index in [1.165, 1.54) is 283 Å². The lowest BCUT2D eigenvalue weighted by molar-refractivity contribution is -0.161. The highest BCUT2D eigenvalue weighted by Gasteiger charge is 2.30. The molecule has 0 rings (SSSR count). The van der Waals surface area contributed by atoms with Gasteiger partial charge in [-0.25, -0.2) is 9.13 Å². The highest BCUT2D eigenvalue weighted by molar-refractivity contribution is 7.47. The molecule has 7 atom stereocenters. The van der Waals surface area contributed by atoms with Gasteiger partial charge >= 0.3 is 39.5 Å². The Morgan fingerprint density at radius 3 is 0.670 bits per heavy atom. The van der Waals surface area contributed by atoms with E-state index < -0.39 is 97.5 Å². The maximum atomic E-state index is 13.2. The van der Waals surface area contributed by atoms with E-state index in [1.54, 1.807) is 0 Å². The molecule has 0 bridgehead atoms. The van der Waals surface area contributed by atoms with Crippen LogP contribution in [0.2, 0.25) is 0 Å². The van der Waals surface area contributed by atoms with E-state index in [0.717, 1.165) is 102 Å². The summed E-state index contributed by atoms with van der Waals surface area (Å²) in [7, 11) is -9.93. The summed E-state index contributed by atoms with van der Waals surface area (Å²) in [6.07, 6.45) is 70.6. The summed E-state index contributed by atoms with van der Waals surface area (Å²) in [5.41, 5.74) is 0. The third-order valence-electron chi connectivity index (χ3n) is 21.2. The molecule has 0 aliphatic heterocycles. The summed E-state index contributed by atoms with van der Waals surface area (Å²) in [6.45, 7) is 9.74. The van der Waals surface area contributed by atoms with Crippen molar-refractivity contribution in [2.75, 3.05) is 39.6 Å². The lowest BCUT2D eigenvalue weighted by atomic mass is 9.99. The maximum absolute atomic E-state index is 13.2. The number of carbonyl (C=O) groups is 4. The summed E-state index contributed by atoms with van der Waals surface area (Å²) in [5, 5.41) is 10.7. The Bertz CT molecular complexity index is 2030. The van der Waals surface area contributed by atoms with E-state index >= 15 is 0 Å². The molecule has 0 aromatic rings. The molecule has 3 N–H and O–H groups in total. The Morgan fingerprint density at radius 1 is 0.264 bits per heavy atom. The Kier molecular flexibility index (Phi) is 76.9. The van der Waals surface area contributed by atoms with E-state index in [4.69, 9.17) is 37.0 Å². The van der Waals surface area contributed by atoms with Crippen molar-refractivity contribution < 1.29 is 80.2 Å². The molecule has 630 valence electrons. The number of phosphoric ester groups is 2. The zero-order chi connectivity index (χ0) is 77.8. The molecule has 0 heterocycles. The number of unbranched alkanes of at least 4 members (excludes halogenated alkanes) is 54. The molecule has 0 radical (unpaired) electrons. The van der Waals surface area contributed by atoms with Gasteiger partial charge < -0.3 is 33.8 Å². The number of carbonyl (C=O) groups excluding carboxylic acids is 4. The fraction of sp³-hybridized carbons (Fsp3) is 0.954. The van der Waals surface area contributed by atoms with Gasteiger partial charge in [0.1, 0.15) is 19.3 Å². The van der Waals surface area contributed by atoms with Gasteiger partial charge in [-0.15, -0.1) is 0 Å². The Balaban J connectivity index is 5.26. The van der Waals surface area contributed by atoms with Gasteiger partial charge in [0.25, 0.3) is 0 Å². The molecule has 0 aliphatic rings. The number of phosphoric acid groups is 2. The number of rotatable bonds is 86. The van der Waals surface area contributed by atoms with Gasteiger partial charge in [-0.2, -0.15) is 0 Å². The molecule has 4 unspecified atom stereocenters. The summed E-state index contributed by atoms with van der Waals surface area (Å²) in [5.74, 6) is -0.472. The molecule has 0 aromatic carbocycles. The molecule has 0 amide bonds. The zero-order valence-corrected chi connectivity index (χ0v) is 71.5. The van der Waals surface area contributed by atoms with Crippen molar-refractivity contribution in [3.8, 4) is 0 Å². The molecule has 0 aromatic heterocycles. The predicted molar refractivity (Wildman–Crippen MR) is 437 cm³/mol. The topological polar surface area (TPSA) is 237 Å². The number of esters is 4. The van der Waals surface area contributed by atoms with Crippen molar-refractivity contribution in [1.82, 2.24) is 0 Å². The van der Waals surface area contributed by atoms with Crippen LogP contribution in [0.25, 0.3) is 0 Å². The lowest BCUT2D eigenvalue weighted by Crippen LogP contribution is -2.30. The van der Waals surface area contributed by atoms with Gasteiger partial charge in [-0.05, 0) is 37.5 Å². The lowest BCUT2D eigenvalue weighted by Gasteiger charge is -2.21. The smallest absolute Gasteiger partial charge is 0.462 e. The quantitative estimate of drug-likeness (QED) is 0.0222. The van der Waals surface area contributed by atoms with Crippen molar-refractivity contribution in [1.29, 1.82) is 0 Å². The van der Waals surface area contributed by atoms with Crippen molar-refractivity contribution in [3.63, 3.8) is 0 Å². The first-order valence-electron chi connectivity index (χ1n) is 45.1.